The van der Waals surface area contributed by atoms with Gasteiger partial charge in [-0.3, -0.25) is 14.5 Å². The third-order valence-corrected chi connectivity index (χ3v) is 7.77. The summed E-state index contributed by atoms with van der Waals surface area (Å²) in [4.78, 5) is 29.9. The molecular formula is C20H30N4O4S. The monoisotopic (exact) mass is 422 g/mol. The van der Waals surface area contributed by atoms with E-state index >= 15 is 0 Å². The van der Waals surface area contributed by atoms with Crippen molar-refractivity contribution in [1.29, 1.82) is 0 Å². The van der Waals surface area contributed by atoms with E-state index < -0.39 is 10.0 Å². The molecule has 8 nitrogen and oxygen atoms in total. The maximum Gasteiger partial charge on any atom is 0.243 e. The summed E-state index contributed by atoms with van der Waals surface area (Å²) < 4.78 is 27.5. The zero-order valence-corrected chi connectivity index (χ0v) is 18.2. The topological polar surface area (TPSA) is 81.2 Å². The first-order valence-corrected chi connectivity index (χ1v) is 11.5. The predicted molar refractivity (Wildman–Crippen MR) is 110 cm³/mol. The van der Waals surface area contributed by atoms with Gasteiger partial charge in [-0.1, -0.05) is 17.7 Å². The van der Waals surface area contributed by atoms with E-state index in [4.69, 9.17) is 0 Å². The lowest BCUT2D eigenvalue weighted by Gasteiger charge is -2.37. The highest BCUT2D eigenvalue weighted by atomic mass is 32.2. The Labute approximate surface area is 173 Å². The number of carbonyl (C=O) groups excluding carboxylic acids is 2. The molecule has 0 unspecified atom stereocenters. The predicted octanol–water partition coefficient (Wildman–Crippen LogP) is 0.300. The first-order valence-electron chi connectivity index (χ1n) is 10.0. The molecule has 9 heteroatoms. The Morgan fingerprint density at radius 3 is 2.03 bits per heavy atom. The van der Waals surface area contributed by atoms with E-state index in [1.165, 1.54) is 4.31 Å². The Kier molecular flexibility index (Phi) is 6.60. The average molecular weight is 423 g/mol. The summed E-state index contributed by atoms with van der Waals surface area (Å²) in [6, 6.07) is 5.38. The highest BCUT2D eigenvalue weighted by Gasteiger charge is 2.31. The van der Waals surface area contributed by atoms with Crippen LogP contribution in [0.1, 0.15) is 18.1 Å². The molecule has 0 aromatic heterocycles. The minimum absolute atomic E-state index is 0.0400. The lowest BCUT2D eigenvalue weighted by molar-refractivity contribution is -0.139. The van der Waals surface area contributed by atoms with E-state index in [0.29, 0.717) is 57.3 Å². The number of benzene rings is 1. The maximum atomic E-state index is 13.0. The molecule has 29 heavy (non-hydrogen) atoms. The van der Waals surface area contributed by atoms with Gasteiger partial charge in [0.15, 0.2) is 0 Å². The van der Waals surface area contributed by atoms with Crippen LogP contribution in [-0.4, -0.2) is 98.1 Å². The molecule has 160 valence electrons. The molecule has 2 aliphatic rings. The van der Waals surface area contributed by atoms with Crippen molar-refractivity contribution in [2.45, 2.75) is 25.7 Å². The van der Waals surface area contributed by atoms with Crippen molar-refractivity contribution < 1.29 is 18.0 Å². The van der Waals surface area contributed by atoms with E-state index in [2.05, 4.69) is 0 Å². The van der Waals surface area contributed by atoms with Gasteiger partial charge < -0.3 is 9.80 Å². The Morgan fingerprint density at radius 1 is 0.897 bits per heavy atom. The molecule has 2 heterocycles. The molecule has 1 aromatic carbocycles. The van der Waals surface area contributed by atoms with Crippen LogP contribution >= 0.6 is 0 Å². The molecule has 2 fully saturated rings. The first-order chi connectivity index (χ1) is 13.7. The molecule has 0 radical (unpaired) electrons. The van der Waals surface area contributed by atoms with E-state index in [-0.39, 0.29) is 18.4 Å². The second kappa shape index (κ2) is 8.81. The normalized spacial score (nSPS) is 19.4. The van der Waals surface area contributed by atoms with Gasteiger partial charge >= 0.3 is 0 Å². The van der Waals surface area contributed by atoms with Crippen molar-refractivity contribution in [2.75, 3.05) is 58.9 Å². The fraction of sp³-hybridized carbons (Fsp3) is 0.600. The molecule has 2 aliphatic heterocycles. The maximum absolute atomic E-state index is 13.0. The van der Waals surface area contributed by atoms with Crippen molar-refractivity contribution in [3.8, 4) is 0 Å². The van der Waals surface area contributed by atoms with Crippen LogP contribution in [0.5, 0.6) is 0 Å². The Hall–Kier alpha value is -1.97. The van der Waals surface area contributed by atoms with Crippen molar-refractivity contribution in [2.24, 2.45) is 0 Å². The lowest BCUT2D eigenvalue weighted by atomic mass is 10.2. The minimum atomic E-state index is -3.52. The number of nitrogens with zero attached hydrogens (tertiary/aromatic N) is 4. The second-order valence-corrected chi connectivity index (χ2v) is 9.74. The van der Waals surface area contributed by atoms with Crippen LogP contribution in [0.2, 0.25) is 0 Å². The van der Waals surface area contributed by atoms with Crippen molar-refractivity contribution >= 4 is 21.8 Å². The summed E-state index contributed by atoms with van der Waals surface area (Å²) in [5.74, 6) is 0.0807. The minimum Gasteiger partial charge on any atom is -0.339 e. The number of piperazine rings is 2. The Morgan fingerprint density at radius 2 is 1.48 bits per heavy atom. The Balaban J connectivity index is 1.53. The molecule has 0 aliphatic carbocycles. The van der Waals surface area contributed by atoms with Crippen LogP contribution in [0.15, 0.2) is 23.1 Å². The van der Waals surface area contributed by atoms with Crippen LogP contribution in [0.4, 0.5) is 0 Å². The van der Waals surface area contributed by atoms with Gasteiger partial charge in [0.05, 0.1) is 11.4 Å². The molecule has 0 atom stereocenters. The summed E-state index contributed by atoms with van der Waals surface area (Å²) >= 11 is 0. The number of rotatable bonds is 4. The fourth-order valence-electron chi connectivity index (χ4n) is 3.92. The third kappa shape index (κ3) is 4.96. The summed E-state index contributed by atoms with van der Waals surface area (Å²) in [5.41, 5.74) is 1.79. The third-order valence-electron chi connectivity index (χ3n) is 5.72. The van der Waals surface area contributed by atoms with Gasteiger partial charge in [-0.15, -0.1) is 0 Å². The smallest absolute Gasteiger partial charge is 0.243 e. The molecule has 0 bridgehead atoms. The van der Waals surface area contributed by atoms with Crippen LogP contribution in [-0.2, 0) is 19.6 Å². The highest BCUT2D eigenvalue weighted by Crippen LogP contribution is 2.22. The SMILES string of the molecule is CC(=O)N1CCN(C(=O)CN2CCN(S(=O)(=O)c3ccc(C)cc3C)CC2)CC1. The lowest BCUT2D eigenvalue weighted by Crippen LogP contribution is -2.54. The summed E-state index contributed by atoms with van der Waals surface area (Å²) in [6.45, 7) is 9.67. The molecule has 0 saturated carbocycles. The summed E-state index contributed by atoms with van der Waals surface area (Å²) in [5, 5.41) is 0. The van der Waals surface area contributed by atoms with Crippen LogP contribution < -0.4 is 0 Å². The molecule has 2 amide bonds. The molecule has 2 saturated heterocycles. The van der Waals surface area contributed by atoms with Gasteiger partial charge in [-0.25, -0.2) is 8.42 Å². The van der Waals surface area contributed by atoms with Crippen LogP contribution in [0.3, 0.4) is 0 Å². The molecule has 1 aromatic rings. The quantitative estimate of drug-likeness (QED) is 0.697. The molecule has 0 N–H and O–H groups in total. The summed E-state index contributed by atoms with van der Waals surface area (Å²) in [7, 11) is -3.52. The average Bonchev–Trinajstić information content (AvgIpc) is 2.68. The van der Waals surface area contributed by atoms with Gasteiger partial charge in [0, 0.05) is 59.3 Å². The van der Waals surface area contributed by atoms with Gasteiger partial charge in [0.25, 0.3) is 0 Å². The van der Waals surface area contributed by atoms with Crippen LogP contribution in [0.25, 0.3) is 0 Å². The number of aryl methyl sites for hydroxylation is 2. The number of carbonyl (C=O) groups is 2. The van der Waals surface area contributed by atoms with Gasteiger partial charge in [-0.05, 0) is 25.5 Å². The van der Waals surface area contributed by atoms with Crippen molar-refractivity contribution in [3.63, 3.8) is 0 Å². The Bertz CT molecular complexity index is 870. The number of amides is 2. The van der Waals surface area contributed by atoms with Crippen molar-refractivity contribution in [3.05, 3.63) is 29.3 Å². The molecule has 3 rings (SSSR count). The van der Waals surface area contributed by atoms with Gasteiger partial charge in [-0.2, -0.15) is 4.31 Å². The number of hydrogen-bond donors (Lipinski definition) is 0. The molecular weight excluding hydrogens is 392 g/mol. The standard InChI is InChI=1S/C20H30N4O4S/c1-16-4-5-19(17(2)14-16)29(27,28)24-12-6-21(7-13-24)15-20(26)23-10-8-22(9-11-23)18(3)25/h4-5,14H,6-13,15H2,1-3H3. The number of hydrogen-bond acceptors (Lipinski definition) is 5. The zero-order valence-electron chi connectivity index (χ0n) is 17.4. The van der Waals surface area contributed by atoms with E-state index in [1.807, 2.05) is 30.9 Å². The zero-order chi connectivity index (χ0) is 21.2. The summed E-state index contributed by atoms with van der Waals surface area (Å²) in [6.07, 6.45) is 0. The highest BCUT2D eigenvalue weighted by molar-refractivity contribution is 7.89. The fourth-order valence-corrected chi connectivity index (χ4v) is 5.55. The second-order valence-electron chi connectivity index (χ2n) is 7.84. The van der Waals surface area contributed by atoms with Gasteiger partial charge in [0.2, 0.25) is 21.8 Å². The van der Waals surface area contributed by atoms with E-state index in [1.54, 1.807) is 22.8 Å². The van der Waals surface area contributed by atoms with Gasteiger partial charge in [0.1, 0.15) is 0 Å². The largest absolute Gasteiger partial charge is 0.339 e. The van der Waals surface area contributed by atoms with E-state index in [0.717, 1.165) is 11.1 Å². The number of sulfonamides is 1. The van der Waals surface area contributed by atoms with Crippen LogP contribution in [0, 0.1) is 13.8 Å². The van der Waals surface area contributed by atoms with E-state index in [9.17, 15) is 18.0 Å². The molecule has 0 spiro atoms. The van der Waals surface area contributed by atoms with Crippen molar-refractivity contribution in [1.82, 2.24) is 19.0 Å². The first kappa shape index (κ1) is 21.7.